The third kappa shape index (κ3) is 3.16. The molecule has 0 saturated carbocycles. The number of hydrogen-bond acceptors (Lipinski definition) is 5. The number of carbonyl (C=O) groups is 1. The van der Waals surface area contributed by atoms with Crippen molar-refractivity contribution in [2.45, 2.75) is 50.3 Å². The van der Waals surface area contributed by atoms with E-state index in [0.29, 0.717) is 11.0 Å². The van der Waals surface area contributed by atoms with Crippen molar-refractivity contribution in [2.75, 3.05) is 12.3 Å². The molecular formula is C16H22BNO6S. The second kappa shape index (κ2) is 5.72. The fourth-order valence-corrected chi connectivity index (χ4v) is 4.43. The lowest BCUT2D eigenvalue weighted by Gasteiger charge is -2.32. The van der Waals surface area contributed by atoms with Crippen LogP contribution in [-0.2, 0) is 25.7 Å². The van der Waals surface area contributed by atoms with Crippen molar-refractivity contribution in [3.05, 3.63) is 23.8 Å². The minimum atomic E-state index is -3.57. The molecule has 2 aliphatic rings. The van der Waals surface area contributed by atoms with E-state index in [0.717, 1.165) is 4.90 Å². The van der Waals surface area contributed by atoms with Gasteiger partial charge >= 0.3 is 13.2 Å². The largest absolute Gasteiger partial charge is 0.494 e. The van der Waals surface area contributed by atoms with Crippen molar-refractivity contribution in [1.82, 2.24) is 4.90 Å². The summed E-state index contributed by atoms with van der Waals surface area (Å²) in [4.78, 5) is 12.5. The van der Waals surface area contributed by atoms with Crippen LogP contribution in [0.15, 0.2) is 23.1 Å². The Morgan fingerprint density at radius 1 is 1.20 bits per heavy atom. The molecule has 0 spiro atoms. The first-order valence-corrected chi connectivity index (χ1v) is 9.77. The molecule has 2 heterocycles. The highest BCUT2D eigenvalue weighted by Crippen LogP contribution is 2.36. The lowest BCUT2D eigenvalue weighted by Crippen LogP contribution is -2.41. The zero-order chi connectivity index (χ0) is 18.6. The zero-order valence-electron chi connectivity index (χ0n) is 14.8. The van der Waals surface area contributed by atoms with Gasteiger partial charge < -0.3 is 19.3 Å². The molecule has 2 aliphatic heterocycles. The number of carboxylic acid groups (broad SMARTS) is 1. The number of rotatable bonds is 1. The molecule has 1 saturated heterocycles. The maximum atomic E-state index is 12.6. The zero-order valence-corrected chi connectivity index (χ0v) is 15.6. The molecule has 0 aromatic heterocycles. The Kier molecular flexibility index (Phi) is 4.17. The molecule has 1 aromatic rings. The summed E-state index contributed by atoms with van der Waals surface area (Å²) < 4.78 is 37.1. The van der Waals surface area contributed by atoms with Crippen LogP contribution in [-0.4, -0.2) is 55.1 Å². The summed E-state index contributed by atoms with van der Waals surface area (Å²) in [6.07, 6.45) is -1.13. The summed E-state index contributed by atoms with van der Waals surface area (Å²) in [6.45, 7) is 7.72. The summed E-state index contributed by atoms with van der Waals surface area (Å²) in [5, 5.41) is 9.19. The van der Waals surface area contributed by atoms with E-state index in [9.17, 15) is 18.3 Å². The lowest BCUT2D eigenvalue weighted by molar-refractivity contribution is 0.00578. The van der Waals surface area contributed by atoms with Gasteiger partial charge in [0, 0.05) is 6.54 Å². The third-order valence-electron chi connectivity index (χ3n) is 5.21. The predicted octanol–water partition coefficient (Wildman–Crippen LogP) is 1.25. The van der Waals surface area contributed by atoms with Crippen molar-refractivity contribution in [3.8, 4) is 0 Å². The second-order valence-corrected chi connectivity index (χ2v) is 9.56. The Bertz CT molecular complexity index is 804. The number of amides is 1. The summed E-state index contributed by atoms with van der Waals surface area (Å²) in [5.41, 5.74) is 0.0392. The van der Waals surface area contributed by atoms with Gasteiger partial charge in [-0.2, -0.15) is 0 Å². The fourth-order valence-electron chi connectivity index (χ4n) is 2.91. The molecule has 1 N–H and O–H groups in total. The Balaban J connectivity index is 2.00. The first-order valence-electron chi connectivity index (χ1n) is 8.12. The second-order valence-electron chi connectivity index (χ2n) is 7.48. The maximum Gasteiger partial charge on any atom is 0.494 e. The van der Waals surface area contributed by atoms with E-state index in [1.165, 1.54) is 0 Å². The lowest BCUT2D eigenvalue weighted by atomic mass is 9.79. The van der Waals surface area contributed by atoms with Gasteiger partial charge in [0.05, 0.1) is 28.4 Å². The fraction of sp³-hybridized carbons (Fsp3) is 0.562. The Hall–Kier alpha value is -1.58. The Morgan fingerprint density at radius 3 is 2.36 bits per heavy atom. The van der Waals surface area contributed by atoms with Crippen molar-refractivity contribution < 1.29 is 27.6 Å². The summed E-state index contributed by atoms with van der Waals surface area (Å²) in [6, 6.07) is 4.94. The highest BCUT2D eigenvalue weighted by atomic mass is 32.2. The van der Waals surface area contributed by atoms with Crippen LogP contribution in [0.3, 0.4) is 0 Å². The Morgan fingerprint density at radius 2 is 1.80 bits per heavy atom. The molecule has 136 valence electrons. The minimum absolute atomic E-state index is 0.0435. The van der Waals surface area contributed by atoms with Crippen LogP contribution in [0.4, 0.5) is 4.79 Å². The number of fused-ring (bicyclic) bond motifs is 1. The molecule has 0 unspecified atom stereocenters. The summed E-state index contributed by atoms with van der Waals surface area (Å²) in [7, 11) is -4.23. The average Bonchev–Trinajstić information content (AvgIpc) is 2.63. The van der Waals surface area contributed by atoms with Gasteiger partial charge in [-0.1, -0.05) is 12.1 Å². The van der Waals surface area contributed by atoms with Gasteiger partial charge in [-0.3, -0.25) is 0 Å². The predicted molar refractivity (Wildman–Crippen MR) is 92.6 cm³/mol. The SMILES string of the molecule is CC1(C)OB(c2ccc3c(c2)S(=O)(=O)CCN(C(=O)O)C3)OC1(C)C. The standard InChI is InChI=1S/C16H22BNO6S/c1-15(2)16(3,4)24-17(23-15)12-6-5-11-10-18(14(19)20)7-8-25(21,22)13(11)9-12/h5-6,9H,7-8,10H2,1-4H3,(H,19,20). The molecule has 1 aromatic carbocycles. The number of benzene rings is 1. The van der Waals surface area contributed by atoms with E-state index in [4.69, 9.17) is 9.31 Å². The monoisotopic (exact) mass is 367 g/mol. The minimum Gasteiger partial charge on any atom is -0.465 e. The van der Waals surface area contributed by atoms with Crippen molar-refractivity contribution in [3.63, 3.8) is 0 Å². The van der Waals surface area contributed by atoms with Crippen molar-refractivity contribution in [2.24, 2.45) is 0 Å². The maximum absolute atomic E-state index is 12.6. The summed E-state index contributed by atoms with van der Waals surface area (Å²) in [5.74, 6) is -0.237. The first kappa shape index (κ1) is 18.2. The van der Waals surface area contributed by atoms with Crippen LogP contribution in [0.25, 0.3) is 0 Å². The number of nitrogens with zero attached hydrogens (tertiary/aromatic N) is 1. The molecule has 0 radical (unpaired) electrons. The van der Waals surface area contributed by atoms with Gasteiger partial charge in [-0.25, -0.2) is 13.2 Å². The molecular weight excluding hydrogens is 345 g/mol. The van der Waals surface area contributed by atoms with Gasteiger partial charge in [-0.05, 0) is 44.8 Å². The van der Waals surface area contributed by atoms with E-state index in [-0.39, 0.29) is 23.7 Å². The van der Waals surface area contributed by atoms with Crippen LogP contribution in [0.1, 0.15) is 33.3 Å². The van der Waals surface area contributed by atoms with Gasteiger partial charge in [-0.15, -0.1) is 0 Å². The molecule has 0 aliphatic carbocycles. The van der Waals surface area contributed by atoms with E-state index >= 15 is 0 Å². The van der Waals surface area contributed by atoms with Gasteiger partial charge in [0.25, 0.3) is 0 Å². The highest BCUT2D eigenvalue weighted by Gasteiger charge is 2.51. The molecule has 3 rings (SSSR count). The molecule has 9 heteroatoms. The van der Waals surface area contributed by atoms with E-state index < -0.39 is 34.3 Å². The van der Waals surface area contributed by atoms with E-state index in [1.54, 1.807) is 18.2 Å². The van der Waals surface area contributed by atoms with Crippen molar-refractivity contribution in [1.29, 1.82) is 0 Å². The van der Waals surface area contributed by atoms with E-state index in [1.807, 2.05) is 27.7 Å². The Labute approximate surface area is 148 Å². The van der Waals surface area contributed by atoms with Crippen molar-refractivity contribution >= 4 is 28.5 Å². The average molecular weight is 367 g/mol. The number of sulfone groups is 1. The molecule has 0 atom stereocenters. The first-order chi connectivity index (χ1) is 11.4. The smallest absolute Gasteiger partial charge is 0.465 e. The van der Waals surface area contributed by atoms with Crippen LogP contribution in [0, 0.1) is 0 Å². The number of hydrogen-bond donors (Lipinski definition) is 1. The molecule has 25 heavy (non-hydrogen) atoms. The van der Waals surface area contributed by atoms with Crippen LogP contribution >= 0.6 is 0 Å². The molecule has 1 fully saturated rings. The molecule has 7 nitrogen and oxygen atoms in total. The third-order valence-corrected chi connectivity index (χ3v) is 6.98. The van der Waals surface area contributed by atoms with Crippen LogP contribution in [0.2, 0.25) is 0 Å². The van der Waals surface area contributed by atoms with Crippen LogP contribution in [0.5, 0.6) is 0 Å². The van der Waals surface area contributed by atoms with Gasteiger partial charge in [0.1, 0.15) is 0 Å². The van der Waals surface area contributed by atoms with Crippen LogP contribution < -0.4 is 5.46 Å². The van der Waals surface area contributed by atoms with Gasteiger partial charge in [0.2, 0.25) is 0 Å². The molecule has 0 bridgehead atoms. The summed E-state index contributed by atoms with van der Waals surface area (Å²) >= 11 is 0. The molecule has 1 amide bonds. The van der Waals surface area contributed by atoms with Gasteiger partial charge in [0.15, 0.2) is 9.84 Å². The normalized spacial score (nSPS) is 23.8. The van der Waals surface area contributed by atoms with E-state index in [2.05, 4.69) is 0 Å². The highest BCUT2D eigenvalue weighted by molar-refractivity contribution is 7.91. The topological polar surface area (TPSA) is 93.1 Å². The quantitative estimate of drug-likeness (QED) is 0.751.